The zero-order valence-corrected chi connectivity index (χ0v) is 17.1. The van der Waals surface area contributed by atoms with E-state index < -0.39 is 0 Å². The van der Waals surface area contributed by atoms with Crippen LogP contribution in [-0.2, 0) is 4.79 Å². The number of hydrogen-bond acceptors (Lipinski definition) is 5. The van der Waals surface area contributed by atoms with Gasteiger partial charge in [-0.3, -0.25) is 9.20 Å². The maximum absolute atomic E-state index is 12.3. The van der Waals surface area contributed by atoms with E-state index >= 15 is 0 Å². The van der Waals surface area contributed by atoms with Crippen LogP contribution in [-0.4, -0.2) is 35.9 Å². The van der Waals surface area contributed by atoms with E-state index in [9.17, 15) is 4.79 Å². The predicted octanol–water partition coefficient (Wildman–Crippen LogP) is 4.43. The van der Waals surface area contributed by atoms with Crippen LogP contribution in [0.3, 0.4) is 0 Å². The second kappa shape index (κ2) is 7.81. The third-order valence-electron chi connectivity index (χ3n) is 4.50. The van der Waals surface area contributed by atoms with E-state index in [1.165, 1.54) is 11.8 Å². The Labute approximate surface area is 180 Å². The van der Waals surface area contributed by atoms with Crippen LogP contribution in [0.1, 0.15) is 0 Å². The third-order valence-corrected chi connectivity index (χ3v) is 5.67. The lowest BCUT2D eigenvalue weighted by Crippen LogP contribution is -2.14. The first-order valence-electron chi connectivity index (χ1n) is 9.14. The number of hydrogen-bond donors (Lipinski definition) is 1. The number of anilines is 1. The smallest absolute Gasteiger partial charge is 0.234 e. The van der Waals surface area contributed by atoms with Crippen molar-refractivity contribution in [1.29, 1.82) is 0 Å². The number of nitrogens with zero attached hydrogens (tertiary/aromatic N) is 5. The van der Waals surface area contributed by atoms with E-state index in [1.54, 1.807) is 28.8 Å². The number of halogens is 1. The molecule has 30 heavy (non-hydrogen) atoms. The fraction of sp³-hybridized carbons (Fsp3) is 0.0476. The molecule has 0 radical (unpaired) electrons. The van der Waals surface area contributed by atoms with Gasteiger partial charge in [0.25, 0.3) is 0 Å². The molecule has 0 fully saturated rings. The van der Waals surface area contributed by atoms with Crippen molar-refractivity contribution in [2.45, 2.75) is 5.16 Å². The molecular formula is C21H15ClN6OS. The summed E-state index contributed by atoms with van der Waals surface area (Å²) in [5, 5.41) is 17.2. The van der Waals surface area contributed by atoms with Gasteiger partial charge in [0.05, 0.1) is 11.4 Å². The highest BCUT2D eigenvalue weighted by Gasteiger charge is 2.14. The summed E-state index contributed by atoms with van der Waals surface area (Å²) in [5.74, 6) is 0.0586. The molecule has 5 rings (SSSR count). The molecule has 0 saturated heterocycles. The Hall–Kier alpha value is -3.36. The molecule has 5 aromatic rings. The largest absolute Gasteiger partial charge is 0.325 e. The highest BCUT2D eigenvalue weighted by molar-refractivity contribution is 7.99. The first-order chi connectivity index (χ1) is 14.7. The zero-order chi connectivity index (χ0) is 20.5. The summed E-state index contributed by atoms with van der Waals surface area (Å²) in [7, 11) is 0. The number of nitrogens with one attached hydrogen (secondary N) is 1. The Balaban J connectivity index is 1.37. The van der Waals surface area contributed by atoms with Gasteiger partial charge < -0.3 is 5.32 Å². The Morgan fingerprint density at radius 1 is 1.03 bits per heavy atom. The molecule has 0 bridgehead atoms. The molecule has 2 aromatic carbocycles. The fourth-order valence-corrected chi connectivity index (χ4v) is 4.04. The van der Waals surface area contributed by atoms with Gasteiger partial charge in [-0.1, -0.05) is 59.8 Å². The van der Waals surface area contributed by atoms with Crippen molar-refractivity contribution in [2.24, 2.45) is 0 Å². The van der Waals surface area contributed by atoms with E-state index in [4.69, 9.17) is 11.6 Å². The monoisotopic (exact) mass is 434 g/mol. The highest BCUT2D eigenvalue weighted by atomic mass is 35.5. The van der Waals surface area contributed by atoms with Gasteiger partial charge in [0.1, 0.15) is 5.52 Å². The van der Waals surface area contributed by atoms with Crippen molar-refractivity contribution in [3.8, 4) is 11.3 Å². The SMILES string of the molecule is O=C(CSc1nnc2c3cc(-c4ccccc4)nn3ccn12)Nc1cccc(Cl)c1. The second-order valence-electron chi connectivity index (χ2n) is 6.55. The second-order valence-corrected chi connectivity index (χ2v) is 7.93. The van der Waals surface area contributed by atoms with Crippen molar-refractivity contribution >= 4 is 46.1 Å². The van der Waals surface area contributed by atoms with Crippen molar-refractivity contribution in [2.75, 3.05) is 11.1 Å². The summed E-state index contributed by atoms with van der Waals surface area (Å²) >= 11 is 7.27. The van der Waals surface area contributed by atoms with Gasteiger partial charge in [0, 0.05) is 28.7 Å². The highest BCUT2D eigenvalue weighted by Crippen LogP contribution is 2.24. The van der Waals surface area contributed by atoms with E-state index in [0.717, 1.165) is 16.8 Å². The van der Waals surface area contributed by atoms with Gasteiger partial charge in [-0.15, -0.1) is 10.2 Å². The number of carbonyl (C=O) groups excluding carboxylic acids is 1. The van der Waals surface area contributed by atoms with Crippen LogP contribution in [0.4, 0.5) is 5.69 Å². The normalized spacial score (nSPS) is 11.2. The Kier molecular flexibility index (Phi) is 4.86. The van der Waals surface area contributed by atoms with Gasteiger partial charge in [-0.2, -0.15) is 5.10 Å². The first-order valence-corrected chi connectivity index (χ1v) is 10.5. The molecule has 0 unspecified atom stereocenters. The Morgan fingerprint density at radius 3 is 2.73 bits per heavy atom. The minimum absolute atomic E-state index is 0.143. The fourth-order valence-electron chi connectivity index (χ4n) is 3.13. The van der Waals surface area contributed by atoms with Gasteiger partial charge in [0.2, 0.25) is 5.91 Å². The van der Waals surface area contributed by atoms with Crippen molar-refractivity contribution < 1.29 is 4.79 Å². The maximum Gasteiger partial charge on any atom is 0.234 e. The summed E-state index contributed by atoms with van der Waals surface area (Å²) in [4.78, 5) is 12.3. The van der Waals surface area contributed by atoms with Gasteiger partial charge in [-0.25, -0.2) is 4.52 Å². The molecule has 7 nitrogen and oxygen atoms in total. The molecular weight excluding hydrogens is 420 g/mol. The van der Waals surface area contributed by atoms with Crippen LogP contribution < -0.4 is 5.32 Å². The number of carbonyl (C=O) groups is 1. The molecule has 1 N–H and O–H groups in total. The van der Waals surface area contributed by atoms with Crippen molar-refractivity contribution in [1.82, 2.24) is 24.2 Å². The molecule has 0 atom stereocenters. The molecule has 0 aliphatic rings. The van der Waals surface area contributed by atoms with Gasteiger partial charge in [0.15, 0.2) is 10.8 Å². The predicted molar refractivity (Wildman–Crippen MR) is 118 cm³/mol. The number of thioether (sulfide) groups is 1. The minimum atomic E-state index is -0.143. The Morgan fingerprint density at radius 2 is 1.90 bits per heavy atom. The molecule has 148 valence electrons. The standard InChI is InChI=1S/C21H15ClN6OS/c22-15-7-4-8-16(11-15)23-19(29)13-30-21-25-24-20-18-12-17(14-5-2-1-3-6-14)26-28(18)10-9-27(20)21/h1-12H,13H2,(H,23,29). The topological polar surface area (TPSA) is 76.6 Å². The quantitative estimate of drug-likeness (QED) is 0.414. The van der Waals surface area contributed by atoms with Crippen LogP contribution in [0.5, 0.6) is 0 Å². The number of fused-ring (bicyclic) bond motifs is 3. The zero-order valence-electron chi connectivity index (χ0n) is 15.6. The van der Waals surface area contributed by atoms with Crippen LogP contribution in [0.15, 0.2) is 78.2 Å². The maximum atomic E-state index is 12.3. The van der Waals surface area contributed by atoms with Crippen molar-refractivity contribution in [3.05, 3.63) is 78.1 Å². The van der Waals surface area contributed by atoms with Crippen LogP contribution in [0, 0.1) is 0 Å². The lowest BCUT2D eigenvalue weighted by atomic mass is 10.1. The van der Waals surface area contributed by atoms with Crippen LogP contribution in [0.25, 0.3) is 22.4 Å². The molecule has 0 aliphatic carbocycles. The summed E-state index contributed by atoms with van der Waals surface area (Å²) in [6.45, 7) is 0. The van der Waals surface area contributed by atoms with Crippen LogP contribution >= 0.6 is 23.4 Å². The molecule has 0 saturated carbocycles. The lowest BCUT2D eigenvalue weighted by molar-refractivity contribution is -0.113. The average molecular weight is 435 g/mol. The number of benzene rings is 2. The van der Waals surface area contributed by atoms with Gasteiger partial charge >= 0.3 is 0 Å². The lowest BCUT2D eigenvalue weighted by Gasteiger charge is -2.05. The van der Waals surface area contributed by atoms with Crippen LogP contribution in [0.2, 0.25) is 5.02 Å². The molecule has 9 heteroatoms. The molecule has 3 heterocycles. The molecule has 1 amide bonds. The molecule has 3 aromatic heterocycles. The summed E-state index contributed by atoms with van der Waals surface area (Å²) < 4.78 is 3.65. The van der Waals surface area contributed by atoms with E-state index in [1.807, 2.05) is 53.2 Å². The number of aromatic nitrogens is 5. The minimum Gasteiger partial charge on any atom is -0.325 e. The number of amides is 1. The molecule has 0 spiro atoms. The average Bonchev–Trinajstić information content (AvgIpc) is 3.37. The van der Waals surface area contributed by atoms with E-state index in [2.05, 4.69) is 20.6 Å². The summed E-state index contributed by atoms with van der Waals surface area (Å²) in [6.07, 6.45) is 3.70. The first kappa shape index (κ1) is 18.7. The summed E-state index contributed by atoms with van der Waals surface area (Å²) in [6, 6.07) is 19.0. The van der Waals surface area contributed by atoms with Crippen molar-refractivity contribution in [3.63, 3.8) is 0 Å². The molecule has 0 aliphatic heterocycles. The number of rotatable bonds is 5. The van der Waals surface area contributed by atoms with E-state index in [-0.39, 0.29) is 11.7 Å². The van der Waals surface area contributed by atoms with E-state index in [0.29, 0.717) is 21.5 Å². The summed E-state index contributed by atoms with van der Waals surface area (Å²) in [5.41, 5.74) is 4.09. The van der Waals surface area contributed by atoms with Gasteiger partial charge in [-0.05, 0) is 24.3 Å². The third kappa shape index (κ3) is 3.62. The Bertz CT molecular complexity index is 1360.